The van der Waals surface area contributed by atoms with Gasteiger partial charge in [0.25, 0.3) is 5.91 Å². The average molecular weight is 409 g/mol. The van der Waals surface area contributed by atoms with Crippen LogP contribution >= 0.6 is 11.3 Å². The van der Waals surface area contributed by atoms with E-state index in [2.05, 4.69) is 16.0 Å². The first-order valence-corrected chi connectivity index (χ1v) is 10.7. The second kappa shape index (κ2) is 8.25. The lowest BCUT2D eigenvalue weighted by Crippen LogP contribution is -2.33. The van der Waals surface area contributed by atoms with Gasteiger partial charge in [-0.05, 0) is 44.2 Å². The van der Waals surface area contributed by atoms with E-state index in [1.165, 1.54) is 4.88 Å². The van der Waals surface area contributed by atoms with Gasteiger partial charge >= 0.3 is 5.97 Å². The van der Waals surface area contributed by atoms with Gasteiger partial charge in [-0.3, -0.25) is 4.79 Å². The maximum absolute atomic E-state index is 13.0. The number of aromatic nitrogens is 1. The summed E-state index contributed by atoms with van der Waals surface area (Å²) in [5, 5.41) is 4.99. The predicted molar refractivity (Wildman–Crippen MR) is 113 cm³/mol. The van der Waals surface area contributed by atoms with Crippen molar-refractivity contribution in [2.24, 2.45) is 0 Å². The first-order valence-electron chi connectivity index (χ1n) is 9.78. The van der Waals surface area contributed by atoms with Gasteiger partial charge in [0.1, 0.15) is 0 Å². The van der Waals surface area contributed by atoms with E-state index in [9.17, 15) is 9.59 Å². The van der Waals surface area contributed by atoms with E-state index in [1.807, 2.05) is 61.7 Å². The largest absolute Gasteiger partial charge is 0.444 e. The summed E-state index contributed by atoms with van der Waals surface area (Å²) in [4.78, 5) is 27.0. The number of hydrogen-bond acceptors (Lipinski definition) is 4. The summed E-state index contributed by atoms with van der Waals surface area (Å²) in [5.74, 6) is -0.741. The van der Waals surface area contributed by atoms with Crippen molar-refractivity contribution in [3.63, 3.8) is 0 Å². The van der Waals surface area contributed by atoms with Crippen molar-refractivity contribution in [3.8, 4) is 0 Å². The number of aryl methyl sites for hydroxylation is 1. The average Bonchev–Trinajstić information content (AvgIpc) is 3.29. The highest BCUT2D eigenvalue weighted by molar-refractivity contribution is 7.09. The number of nitrogens with one attached hydrogen (secondary N) is 1. The number of nitrogens with zero attached hydrogens (tertiary/aromatic N) is 1. The summed E-state index contributed by atoms with van der Waals surface area (Å²) in [5.41, 5.74) is 3.00. The maximum Gasteiger partial charge on any atom is 0.341 e. The number of amides is 1. The molecule has 1 fully saturated rings. The number of carbonyl (C=O) groups is 2. The minimum atomic E-state index is -0.954. The van der Waals surface area contributed by atoms with E-state index in [-0.39, 0.29) is 11.9 Å². The van der Waals surface area contributed by atoms with Crippen molar-refractivity contribution in [1.82, 2.24) is 9.88 Å². The van der Waals surface area contributed by atoms with Crippen molar-refractivity contribution in [2.45, 2.75) is 45.4 Å². The van der Waals surface area contributed by atoms with Gasteiger partial charge in [-0.25, -0.2) is 4.79 Å². The SMILES string of the molecule is Cc1cc(C(=O)O[C@@H](C(=O)NC2CC2)c2ccccc2)c(C)n1Cc1cccs1. The fourth-order valence-electron chi connectivity index (χ4n) is 3.39. The number of hydrogen-bond donors (Lipinski definition) is 1. The molecule has 0 radical (unpaired) electrons. The fourth-order valence-corrected chi connectivity index (χ4v) is 4.08. The van der Waals surface area contributed by atoms with Crippen LogP contribution in [0.3, 0.4) is 0 Å². The van der Waals surface area contributed by atoms with Crippen molar-refractivity contribution in [1.29, 1.82) is 0 Å². The summed E-state index contributed by atoms with van der Waals surface area (Å²) in [6.07, 6.45) is 1.00. The highest BCUT2D eigenvalue weighted by atomic mass is 32.1. The second-order valence-electron chi connectivity index (χ2n) is 7.43. The lowest BCUT2D eigenvalue weighted by molar-refractivity contribution is -0.130. The molecule has 29 heavy (non-hydrogen) atoms. The van der Waals surface area contributed by atoms with E-state index < -0.39 is 12.1 Å². The Hall–Kier alpha value is -2.86. The first kappa shape index (κ1) is 19.5. The molecule has 0 saturated heterocycles. The van der Waals surface area contributed by atoms with Gasteiger partial charge in [0, 0.05) is 27.9 Å². The third kappa shape index (κ3) is 4.43. The van der Waals surface area contributed by atoms with Crippen LogP contribution in [0.25, 0.3) is 0 Å². The minimum Gasteiger partial charge on any atom is -0.444 e. The molecule has 0 spiro atoms. The molecule has 2 aromatic heterocycles. The number of benzene rings is 1. The molecule has 0 unspecified atom stereocenters. The molecule has 3 aromatic rings. The number of carbonyl (C=O) groups excluding carboxylic acids is 2. The van der Waals surface area contributed by atoms with Crippen LogP contribution in [0.5, 0.6) is 0 Å². The number of rotatable bonds is 7. The Labute approximate surface area is 174 Å². The third-order valence-corrected chi connectivity index (χ3v) is 6.04. The molecular weight excluding hydrogens is 384 g/mol. The molecule has 1 atom stereocenters. The molecule has 1 N–H and O–H groups in total. The number of thiophene rings is 1. The van der Waals surface area contributed by atoms with Crippen LogP contribution in [-0.2, 0) is 16.1 Å². The van der Waals surface area contributed by atoms with E-state index in [0.717, 1.165) is 24.2 Å². The smallest absolute Gasteiger partial charge is 0.341 e. The number of esters is 1. The molecule has 1 aliphatic rings. The fraction of sp³-hybridized carbons (Fsp3) is 0.304. The summed E-state index contributed by atoms with van der Waals surface area (Å²) < 4.78 is 7.84. The predicted octanol–water partition coefficient (Wildman–Crippen LogP) is 4.39. The first-order chi connectivity index (χ1) is 14.0. The molecule has 150 valence electrons. The Balaban J connectivity index is 1.56. The van der Waals surface area contributed by atoms with Crippen LogP contribution in [0.15, 0.2) is 53.9 Å². The molecule has 5 nitrogen and oxygen atoms in total. The molecule has 1 aliphatic carbocycles. The Kier molecular flexibility index (Phi) is 5.53. The van der Waals surface area contributed by atoms with Gasteiger partial charge < -0.3 is 14.6 Å². The maximum atomic E-state index is 13.0. The quantitative estimate of drug-likeness (QED) is 0.590. The Bertz CT molecular complexity index is 1000. The Morgan fingerprint density at radius 3 is 2.59 bits per heavy atom. The number of ether oxygens (including phenoxy) is 1. The van der Waals surface area contributed by atoms with Crippen LogP contribution in [0, 0.1) is 13.8 Å². The van der Waals surface area contributed by atoms with E-state index in [0.29, 0.717) is 17.7 Å². The van der Waals surface area contributed by atoms with Crippen molar-refractivity contribution in [3.05, 3.63) is 81.3 Å². The van der Waals surface area contributed by atoms with E-state index >= 15 is 0 Å². The van der Waals surface area contributed by atoms with E-state index in [4.69, 9.17) is 4.74 Å². The normalized spacial score (nSPS) is 14.4. The molecule has 6 heteroatoms. The van der Waals surface area contributed by atoms with Crippen LogP contribution < -0.4 is 5.32 Å². The molecule has 4 rings (SSSR count). The zero-order valence-electron chi connectivity index (χ0n) is 16.6. The van der Waals surface area contributed by atoms with Gasteiger partial charge in [0.15, 0.2) is 0 Å². The molecule has 0 aliphatic heterocycles. The van der Waals surface area contributed by atoms with Crippen LogP contribution in [0.2, 0.25) is 0 Å². The molecule has 1 amide bonds. The standard InChI is InChI=1S/C23H24N2O3S/c1-15-13-20(16(2)25(15)14-19-9-6-12-29-19)23(27)28-21(17-7-4-3-5-8-17)22(26)24-18-10-11-18/h3-9,12-13,18,21H,10-11,14H2,1-2H3,(H,24,26)/t21-/m1/s1. The molecule has 0 bridgehead atoms. The minimum absolute atomic E-state index is 0.197. The van der Waals surface area contributed by atoms with Crippen molar-refractivity contribution in [2.75, 3.05) is 0 Å². The monoisotopic (exact) mass is 408 g/mol. The summed E-state index contributed by atoms with van der Waals surface area (Å²) in [6, 6.07) is 15.3. The van der Waals surface area contributed by atoms with Crippen LogP contribution in [-0.4, -0.2) is 22.5 Å². The molecule has 2 heterocycles. The van der Waals surface area contributed by atoms with E-state index in [1.54, 1.807) is 11.3 Å². The highest BCUT2D eigenvalue weighted by Gasteiger charge is 2.31. The van der Waals surface area contributed by atoms with Gasteiger partial charge in [0.2, 0.25) is 6.10 Å². The molecular formula is C23H24N2O3S. The van der Waals surface area contributed by atoms with Crippen LogP contribution in [0.4, 0.5) is 0 Å². The van der Waals surface area contributed by atoms with Crippen molar-refractivity contribution < 1.29 is 14.3 Å². The summed E-state index contributed by atoms with van der Waals surface area (Å²) in [7, 11) is 0. The summed E-state index contributed by atoms with van der Waals surface area (Å²) in [6.45, 7) is 4.61. The Morgan fingerprint density at radius 2 is 1.93 bits per heavy atom. The molecule has 1 aromatic carbocycles. The van der Waals surface area contributed by atoms with Crippen LogP contribution in [0.1, 0.15) is 51.1 Å². The van der Waals surface area contributed by atoms with Gasteiger partial charge in [-0.15, -0.1) is 11.3 Å². The lowest BCUT2D eigenvalue weighted by atomic mass is 10.1. The van der Waals surface area contributed by atoms with Gasteiger partial charge in [-0.2, -0.15) is 0 Å². The Morgan fingerprint density at radius 1 is 1.17 bits per heavy atom. The highest BCUT2D eigenvalue weighted by Crippen LogP contribution is 2.26. The zero-order chi connectivity index (χ0) is 20.4. The van der Waals surface area contributed by atoms with Gasteiger partial charge in [0.05, 0.1) is 12.1 Å². The van der Waals surface area contributed by atoms with Crippen molar-refractivity contribution >= 4 is 23.2 Å². The summed E-state index contributed by atoms with van der Waals surface area (Å²) >= 11 is 1.69. The lowest BCUT2D eigenvalue weighted by Gasteiger charge is -2.18. The third-order valence-electron chi connectivity index (χ3n) is 5.18. The topological polar surface area (TPSA) is 60.3 Å². The molecule has 1 saturated carbocycles. The van der Waals surface area contributed by atoms with Gasteiger partial charge in [-0.1, -0.05) is 36.4 Å². The zero-order valence-corrected chi connectivity index (χ0v) is 17.4. The second-order valence-corrected chi connectivity index (χ2v) is 8.46.